The standard InChI is InChI=1S/C25H28F3NO8S/c1-15-5-9-21(20(11-15)35-4)38(33,34)29-14-17(7-10-22(30)31)36-19-8-6-16(12-18(19)29)13-23(32)37-24(2,3)25(26,27)28/h5-6,8-9,11-12,17H,7,10,13-14H2,1-4H3,(H,30,31)/t17-/m0/s1. The number of sulfonamides is 1. The lowest BCUT2D eigenvalue weighted by molar-refractivity contribution is -0.257. The zero-order chi connectivity index (χ0) is 28.5. The van der Waals surface area contributed by atoms with E-state index in [2.05, 4.69) is 4.74 Å². The highest BCUT2D eigenvalue weighted by molar-refractivity contribution is 7.93. The molecule has 2 aromatic rings. The van der Waals surface area contributed by atoms with Gasteiger partial charge < -0.3 is 19.3 Å². The summed E-state index contributed by atoms with van der Waals surface area (Å²) in [5, 5.41) is 9.07. The van der Waals surface area contributed by atoms with Crippen molar-refractivity contribution in [3.05, 3.63) is 47.5 Å². The predicted molar refractivity (Wildman–Crippen MR) is 130 cm³/mol. The molecule has 208 valence electrons. The van der Waals surface area contributed by atoms with Crippen LogP contribution in [0.4, 0.5) is 18.9 Å². The number of alkyl halides is 3. The van der Waals surface area contributed by atoms with Crippen LogP contribution in [-0.2, 0) is 30.8 Å². The first-order valence-electron chi connectivity index (χ1n) is 11.5. The minimum atomic E-state index is -4.78. The molecule has 1 N–H and O–H groups in total. The van der Waals surface area contributed by atoms with E-state index in [9.17, 15) is 31.2 Å². The first-order valence-corrected chi connectivity index (χ1v) is 13.0. The van der Waals surface area contributed by atoms with E-state index >= 15 is 0 Å². The highest BCUT2D eigenvalue weighted by atomic mass is 32.2. The molecule has 0 bridgehead atoms. The lowest BCUT2D eigenvalue weighted by atomic mass is 10.1. The van der Waals surface area contributed by atoms with Gasteiger partial charge in [-0.05, 0) is 62.6 Å². The van der Waals surface area contributed by atoms with Crippen molar-refractivity contribution in [1.82, 2.24) is 0 Å². The van der Waals surface area contributed by atoms with Crippen LogP contribution in [0.3, 0.4) is 0 Å². The van der Waals surface area contributed by atoms with Crippen molar-refractivity contribution in [3.63, 3.8) is 0 Å². The van der Waals surface area contributed by atoms with Crippen molar-refractivity contribution in [2.45, 2.75) is 62.8 Å². The average molecular weight is 560 g/mol. The van der Waals surface area contributed by atoms with E-state index in [1.165, 1.54) is 31.4 Å². The summed E-state index contributed by atoms with van der Waals surface area (Å²) in [6.07, 6.45) is -6.38. The smallest absolute Gasteiger partial charge is 0.427 e. The number of fused-ring (bicyclic) bond motifs is 1. The number of halogens is 3. The molecule has 3 rings (SSSR count). The number of benzene rings is 2. The number of methoxy groups -OCH3 is 1. The van der Waals surface area contributed by atoms with Gasteiger partial charge in [0.05, 0.1) is 25.8 Å². The predicted octanol–water partition coefficient (Wildman–Crippen LogP) is 4.25. The summed E-state index contributed by atoms with van der Waals surface area (Å²) in [6.45, 7) is 2.98. The molecule has 1 aliphatic rings. The summed E-state index contributed by atoms with van der Waals surface area (Å²) in [5.41, 5.74) is -1.73. The van der Waals surface area contributed by atoms with Gasteiger partial charge in [0.2, 0.25) is 5.60 Å². The Balaban J connectivity index is 2.01. The normalized spacial score (nSPS) is 15.9. The number of carboxylic acids is 1. The van der Waals surface area contributed by atoms with Gasteiger partial charge in [-0.2, -0.15) is 13.2 Å². The Morgan fingerprint density at radius 2 is 1.84 bits per heavy atom. The van der Waals surface area contributed by atoms with Crippen molar-refractivity contribution in [2.24, 2.45) is 0 Å². The Kier molecular flexibility index (Phi) is 8.20. The van der Waals surface area contributed by atoms with E-state index < -0.39 is 46.3 Å². The number of hydrogen-bond acceptors (Lipinski definition) is 7. The van der Waals surface area contributed by atoms with E-state index in [-0.39, 0.29) is 47.0 Å². The summed E-state index contributed by atoms with van der Waals surface area (Å²) < 4.78 is 83.8. The first-order chi connectivity index (χ1) is 17.5. The number of esters is 1. The lowest BCUT2D eigenvalue weighted by Gasteiger charge is -2.36. The van der Waals surface area contributed by atoms with Gasteiger partial charge in [-0.25, -0.2) is 8.42 Å². The highest BCUT2D eigenvalue weighted by Gasteiger charge is 2.50. The SMILES string of the molecule is COc1cc(C)ccc1S(=O)(=O)N1C[C@H](CCC(=O)O)Oc2ccc(CC(=O)OC(C)(C)C(F)(F)F)cc21. The van der Waals surface area contributed by atoms with Gasteiger partial charge in [-0.3, -0.25) is 13.9 Å². The molecule has 1 heterocycles. The van der Waals surface area contributed by atoms with Crippen LogP contribution in [0, 0.1) is 6.92 Å². The number of ether oxygens (including phenoxy) is 3. The van der Waals surface area contributed by atoms with Crippen LogP contribution in [0.2, 0.25) is 0 Å². The third-order valence-corrected chi connectivity index (χ3v) is 7.74. The summed E-state index contributed by atoms with van der Waals surface area (Å²) in [7, 11) is -2.96. The molecule has 2 aromatic carbocycles. The molecule has 38 heavy (non-hydrogen) atoms. The van der Waals surface area contributed by atoms with Gasteiger partial charge in [-0.1, -0.05) is 12.1 Å². The van der Waals surface area contributed by atoms with Crippen molar-refractivity contribution >= 4 is 27.6 Å². The van der Waals surface area contributed by atoms with Crippen molar-refractivity contribution in [2.75, 3.05) is 18.0 Å². The molecule has 0 unspecified atom stereocenters. The lowest BCUT2D eigenvalue weighted by Crippen LogP contribution is -2.44. The molecule has 0 amide bonds. The highest BCUT2D eigenvalue weighted by Crippen LogP contribution is 2.40. The van der Waals surface area contributed by atoms with Crippen molar-refractivity contribution in [1.29, 1.82) is 0 Å². The summed E-state index contributed by atoms with van der Waals surface area (Å²) in [6, 6.07) is 8.62. The number of aryl methyl sites for hydroxylation is 1. The van der Waals surface area contributed by atoms with E-state index in [1.807, 2.05) is 0 Å². The fourth-order valence-electron chi connectivity index (χ4n) is 3.78. The van der Waals surface area contributed by atoms with Gasteiger partial charge in [0, 0.05) is 6.42 Å². The minimum Gasteiger partial charge on any atom is -0.495 e. The number of nitrogens with zero attached hydrogens (tertiary/aromatic N) is 1. The molecule has 1 atom stereocenters. The Morgan fingerprint density at radius 1 is 1.16 bits per heavy atom. The quantitative estimate of drug-likeness (QED) is 0.453. The van der Waals surface area contributed by atoms with Gasteiger partial charge >= 0.3 is 18.1 Å². The maximum atomic E-state index is 13.8. The number of carbonyl (C=O) groups is 2. The molecule has 0 fully saturated rings. The maximum Gasteiger partial charge on any atom is 0.427 e. The zero-order valence-electron chi connectivity index (χ0n) is 21.2. The summed E-state index contributed by atoms with van der Waals surface area (Å²) in [5.74, 6) is -2.04. The molecule has 0 aromatic heterocycles. The fourth-order valence-corrected chi connectivity index (χ4v) is 5.42. The second-order valence-corrected chi connectivity index (χ2v) is 11.2. The average Bonchev–Trinajstić information content (AvgIpc) is 2.80. The van der Waals surface area contributed by atoms with E-state index in [0.717, 1.165) is 23.7 Å². The second-order valence-electron chi connectivity index (χ2n) is 9.32. The first kappa shape index (κ1) is 29.1. The van der Waals surface area contributed by atoms with Crippen molar-refractivity contribution < 1.29 is 50.5 Å². The molecule has 0 spiro atoms. The molecule has 0 radical (unpaired) electrons. The fraction of sp³-hybridized carbons (Fsp3) is 0.440. The molecule has 9 nitrogen and oxygen atoms in total. The summed E-state index contributed by atoms with van der Waals surface area (Å²) in [4.78, 5) is 23.2. The van der Waals surface area contributed by atoms with Crippen LogP contribution in [0.25, 0.3) is 0 Å². The molecule has 0 saturated carbocycles. The Labute approximate surface area is 218 Å². The van der Waals surface area contributed by atoms with Gasteiger partial charge in [0.15, 0.2) is 0 Å². The molecular weight excluding hydrogens is 531 g/mol. The maximum absolute atomic E-state index is 13.8. The third kappa shape index (κ3) is 6.32. The van der Waals surface area contributed by atoms with Crippen LogP contribution >= 0.6 is 0 Å². The van der Waals surface area contributed by atoms with E-state index in [1.54, 1.807) is 19.1 Å². The van der Waals surface area contributed by atoms with Crippen LogP contribution in [0.1, 0.15) is 37.8 Å². The van der Waals surface area contributed by atoms with E-state index in [0.29, 0.717) is 0 Å². The number of anilines is 1. The Bertz CT molecular complexity index is 1320. The summed E-state index contributed by atoms with van der Waals surface area (Å²) >= 11 is 0. The van der Waals surface area contributed by atoms with Crippen LogP contribution < -0.4 is 13.8 Å². The topological polar surface area (TPSA) is 119 Å². The number of rotatable bonds is 9. The molecule has 13 heteroatoms. The molecular formula is C25H28F3NO8S. The molecule has 0 aliphatic carbocycles. The monoisotopic (exact) mass is 559 g/mol. The molecule has 1 aliphatic heterocycles. The Morgan fingerprint density at radius 3 is 2.45 bits per heavy atom. The minimum absolute atomic E-state index is 0.0203. The number of hydrogen-bond donors (Lipinski definition) is 1. The van der Waals surface area contributed by atoms with Crippen LogP contribution in [-0.4, -0.2) is 57.0 Å². The number of carboxylic acid groups (broad SMARTS) is 1. The van der Waals surface area contributed by atoms with E-state index in [4.69, 9.17) is 14.6 Å². The third-order valence-electron chi connectivity index (χ3n) is 5.92. The van der Waals surface area contributed by atoms with Crippen LogP contribution in [0.15, 0.2) is 41.3 Å². The van der Waals surface area contributed by atoms with Gasteiger partial charge in [0.25, 0.3) is 10.0 Å². The Hall–Kier alpha value is -3.48. The molecule has 0 saturated heterocycles. The zero-order valence-corrected chi connectivity index (χ0v) is 22.0. The largest absolute Gasteiger partial charge is 0.495 e. The second kappa shape index (κ2) is 10.7. The van der Waals surface area contributed by atoms with Gasteiger partial charge in [0.1, 0.15) is 22.5 Å². The van der Waals surface area contributed by atoms with Gasteiger partial charge in [-0.15, -0.1) is 0 Å². The number of carbonyl (C=O) groups excluding carboxylic acids is 1. The van der Waals surface area contributed by atoms with Crippen LogP contribution in [0.5, 0.6) is 11.5 Å². The van der Waals surface area contributed by atoms with Crippen molar-refractivity contribution in [3.8, 4) is 11.5 Å². The number of aliphatic carboxylic acids is 1.